The van der Waals surface area contributed by atoms with Crippen LogP contribution in [0, 0.1) is 11.3 Å². The molecule has 0 bridgehead atoms. The Balaban J connectivity index is 1.77. The van der Waals surface area contributed by atoms with Crippen molar-refractivity contribution in [2.45, 2.75) is 24.9 Å². The van der Waals surface area contributed by atoms with E-state index in [0.717, 1.165) is 18.6 Å². The van der Waals surface area contributed by atoms with Gasteiger partial charge in [-0.15, -0.1) is 0 Å². The van der Waals surface area contributed by atoms with E-state index in [4.69, 9.17) is 5.26 Å². The molecular formula is C19H21NO3S. The van der Waals surface area contributed by atoms with Crippen LogP contribution in [0.25, 0.3) is 10.8 Å². The molecule has 0 aliphatic carbocycles. The molecule has 0 saturated carbocycles. The maximum absolute atomic E-state index is 11.2. The maximum atomic E-state index is 11.2. The molecule has 0 aliphatic heterocycles. The van der Waals surface area contributed by atoms with Crippen molar-refractivity contribution >= 4 is 28.5 Å². The number of carbonyl (C=O) groups is 1. The lowest BCUT2D eigenvalue weighted by molar-refractivity contribution is -0.143. The van der Waals surface area contributed by atoms with Crippen LogP contribution in [-0.4, -0.2) is 35.3 Å². The van der Waals surface area contributed by atoms with Gasteiger partial charge in [-0.1, -0.05) is 42.5 Å². The van der Waals surface area contributed by atoms with Crippen LogP contribution in [0.5, 0.6) is 0 Å². The maximum Gasteiger partial charge on any atom is 0.309 e. The highest BCUT2D eigenvalue weighted by atomic mass is 32.2. The van der Waals surface area contributed by atoms with Crippen molar-refractivity contribution in [1.82, 2.24) is 0 Å². The number of rotatable bonds is 8. The number of thioether (sulfide) groups is 1. The van der Waals surface area contributed by atoms with Gasteiger partial charge in [-0.05, 0) is 34.9 Å². The molecule has 0 radical (unpaired) electrons. The number of carbonyl (C=O) groups excluding carboxylic acids is 1. The summed E-state index contributed by atoms with van der Waals surface area (Å²) in [5.74, 6) is 0.449. The predicted octanol–water partition coefficient (Wildman–Crippen LogP) is 3.32. The fourth-order valence-electron chi connectivity index (χ4n) is 2.45. The second-order valence-corrected chi connectivity index (χ2v) is 6.84. The first kappa shape index (κ1) is 18.3. The van der Waals surface area contributed by atoms with Crippen LogP contribution < -0.4 is 0 Å². The fourth-order valence-corrected chi connectivity index (χ4v) is 3.44. The van der Waals surface area contributed by atoms with E-state index in [9.17, 15) is 9.90 Å². The van der Waals surface area contributed by atoms with Gasteiger partial charge < -0.3 is 9.84 Å². The van der Waals surface area contributed by atoms with Crippen LogP contribution in [0.3, 0.4) is 0 Å². The molecule has 5 heteroatoms. The number of fused-ring (bicyclic) bond motifs is 1. The number of hydrogen-bond donors (Lipinski definition) is 1. The Kier molecular flexibility index (Phi) is 6.65. The van der Waals surface area contributed by atoms with Crippen molar-refractivity contribution in [3.05, 3.63) is 48.0 Å². The highest BCUT2D eigenvalue weighted by molar-refractivity contribution is 7.99. The standard InChI is InChI=1S/C19H21NO3S/c1-23-18(21)12-19(22,13-20)14-24-10-4-5-15-8-9-16-6-2-3-7-17(16)11-15/h2-3,6-9,11,22H,4-5,10,12,14H2,1H3. The molecule has 2 aromatic rings. The van der Waals surface area contributed by atoms with Gasteiger partial charge in [0.15, 0.2) is 5.60 Å². The Morgan fingerprint density at radius 2 is 2.04 bits per heavy atom. The lowest BCUT2D eigenvalue weighted by Gasteiger charge is -2.18. The van der Waals surface area contributed by atoms with Gasteiger partial charge in [0.05, 0.1) is 19.6 Å². The first-order valence-corrected chi connectivity index (χ1v) is 8.98. The minimum Gasteiger partial charge on any atom is -0.469 e. The third-order valence-corrected chi connectivity index (χ3v) is 5.04. The van der Waals surface area contributed by atoms with Crippen molar-refractivity contribution < 1.29 is 14.6 Å². The molecule has 0 amide bonds. The van der Waals surface area contributed by atoms with Crippen molar-refractivity contribution in [2.24, 2.45) is 0 Å². The molecular weight excluding hydrogens is 322 g/mol. The van der Waals surface area contributed by atoms with E-state index in [-0.39, 0.29) is 12.2 Å². The summed E-state index contributed by atoms with van der Waals surface area (Å²) in [5, 5.41) is 21.6. The zero-order valence-electron chi connectivity index (χ0n) is 13.7. The summed E-state index contributed by atoms with van der Waals surface area (Å²) < 4.78 is 4.51. The predicted molar refractivity (Wildman–Crippen MR) is 96.8 cm³/mol. The average molecular weight is 343 g/mol. The van der Waals surface area contributed by atoms with Crippen LogP contribution in [0.4, 0.5) is 0 Å². The van der Waals surface area contributed by atoms with E-state index in [0.29, 0.717) is 0 Å². The average Bonchev–Trinajstić information content (AvgIpc) is 2.61. The van der Waals surface area contributed by atoms with Crippen molar-refractivity contribution in [1.29, 1.82) is 5.26 Å². The minimum atomic E-state index is -1.65. The molecule has 2 rings (SSSR count). The van der Waals surface area contributed by atoms with E-state index in [1.54, 1.807) is 6.07 Å². The van der Waals surface area contributed by atoms with E-state index in [1.807, 2.05) is 12.1 Å². The van der Waals surface area contributed by atoms with E-state index in [2.05, 4.69) is 35.1 Å². The number of ether oxygens (including phenoxy) is 1. The molecule has 1 atom stereocenters. The van der Waals surface area contributed by atoms with Crippen molar-refractivity contribution in [3.8, 4) is 6.07 Å². The first-order chi connectivity index (χ1) is 11.6. The molecule has 2 aromatic carbocycles. The van der Waals surface area contributed by atoms with Gasteiger partial charge >= 0.3 is 5.97 Å². The van der Waals surface area contributed by atoms with Gasteiger partial charge in [-0.25, -0.2) is 0 Å². The van der Waals surface area contributed by atoms with Crippen molar-refractivity contribution in [2.75, 3.05) is 18.6 Å². The van der Waals surface area contributed by atoms with Crippen LogP contribution in [0.2, 0.25) is 0 Å². The molecule has 24 heavy (non-hydrogen) atoms. The summed E-state index contributed by atoms with van der Waals surface area (Å²) in [6.45, 7) is 0. The molecule has 0 fully saturated rings. The van der Waals surface area contributed by atoms with Gasteiger partial charge in [0.2, 0.25) is 0 Å². The monoisotopic (exact) mass is 343 g/mol. The smallest absolute Gasteiger partial charge is 0.309 e. The van der Waals surface area contributed by atoms with E-state index >= 15 is 0 Å². The Hall–Kier alpha value is -2.03. The summed E-state index contributed by atoms with van der Waals surface area (Å²) in [6, 6.07) is 16.5. The fraction of sp³-hybridized carbons (Fsp3) is 0.368. The quantitative estimate of drug-likeness (QED) is 0.452. The van der Waals surface area contributed by atoms with Gasteiger partial charge in [0, 0.05) is 5.75 Å². The van der Waals surface area contributed by atoms with Crippen LogP contribution >= 0.6 is 11.8 Å². The topological polar surface area (TPSA) is 70.3 Å². The highest BCUT2D eigenvalue weighted by Crippen LogP contribution is 2.20. The number of nitrogens with zero attached hydrogens (tertiary/aromatic N) is 1. The number of hydrogen-bond acceptors (Lipinski definition) is 5. The third kappa shape index (κ3) is 5.26. The second kappa shape index (κ2) is 8.72. The molecule has 126 valence electrons. The van der Waals surface area contributed by atoms with E-state index < -0.39 is 11.6 Å². The molecule has 0 saturated heterocycles. The van der Waals surface area contributed by atoms with Gasteiger partial charge in [-0.2, -0.15) is 17.0 Å². The summed E-state index contributed by atoms with van der Waals surface area (Å²) >= 11 is 1.48. The molecule has 4 nitrogen and oxygen atoms in total. The van der Waals surface area contributed by atoms with E-state index in [1.165, 1.54) is 35.2 Å². The lowest BCUT2D eigenvalue weighted by Crippen LogP contribution is -2.33. The van der Waals surface area contributed by atoms with Gasteiger partial charge in [0.25, 0.3) is 0 Å². The summed E-state index contributed by atoms with van der Waals surface area (Å²) in [4.78, 5) is 11.2. The number of esters is 1. The number of benzene rings is 2. The zero-order chi connectivity index (χ0) is 17.4. The minimum absolute atomic E-state index is 0.205. The second-order valence-electron chi connectivity index (χ2n) is 5.73. The molecule has 0 aromatic heterocycles. The van der Waals surface area contributed by atoms with Crippen LogP contribution in [0.15, 0.2) is 42.5 Å². The zero-order valence-corrected chi connectivity index (χ0v) is 14.5. The van der Waals surface area contributed by atoms with Crippen molar-refractivity contribution in [3.63, 3.8) is 0 Å². The number of nitriles is 1. The van der Waals surface area contributed by atoms with Gasteiger partial charge in [0.1, 0.15) is 0 Å². The summed E-state index contributed by atoms with van der Waals surface area (Å²) in [7, 11) is 1.25. The van der Waals surface area contributed by atoms with Gasteiger partial charge in [-0.3, -0.25) is 4.79 Å². The molecule has 1 N–H and O–H groups in total. The molecule has 1 unspecified atom stereocenters. The summed E-state index contributed by atoms with van der Waals surface area (Å²) in [5.41, 5.74) is -0.375. The number of aliphatic hydroxyl groups is 1. The Bertz CT molecular complexity index is 741. The first-order valence-electron chi connectivity index (χ1n) is 7.82. The third-order valence-electron chi connectivity index (χ3n) is 3.78. The SMILES string of the molecule is COC(=O)CC(O)(C#N)CSCCCc1ccc2ccccc2c1. The molecule has 0 aliphatic rings. The highest BCUT2D eigenvalue weighted by Gasteiger charge is 2.30. The Morgan fingerprint density at radius 1 is 1.29 bits per heavy atom. The summed E-state index contributed by atoms with van der Waals surface area (Å²) in [6.07, 6.45) is 1.60. The normalized spacial score (nSPS) is 13.2. The Labute approximate surface area is 146 Å². The molecule has 0 spiro atoms. The lowest BCUT2D eigenvalue weighted by atomic mass is 10.0. The largest absolute Gasteiger partial charge is 0.469 e. The van der Waals surface area contributed by atoms with Crippen LogP contribution in [-0.2, 0) is 16.0 Å². The Morgan fingerprint density at radius 3 is 2.75 bits per heavy atom. The molecule has 0 heterocycles. The number of aryl methyl sites for hydroxylation is 1. The van der Waals surface area contributed by atoms with Crippen LogP contribution in [0.1, 0.15) is 18.4 Å². The number of methoxy groups -OCH3 is 1.